The lowest BCUT2D eigenvalue weighted by Gasteiger charge is -2.01. The molecule has 0 spiro atoms. The van der Waals surface area contributed by atoms with Gasteiger partial charge in [0.1, 0.15) is 5.56 Å². The highest BCUT2D eigenvalue weighted by molar-refractivity contribution is 6.24. The molecule has 7 nitrogen and oxygen atoms in total. The fraction of sp³-hybridized carbons (Fsp3) is 0. The number of hydrogen-bond acceptors (Lipinski definition) is 5. The van der Waals surface area contributed by atoms with Crippen LogP contribution in [-0.2, 0) is 0 Å². The number of nitro groups is 2. The summed E-state index contributed by atoms with van der Waals surface area (Å²) in [6.07, 6.45) is 0. The van der Waals surface area contributed by atoms with Crippen molar-refractivity contribution in [3.05, 3.63) is 67.8 Å². The fourth-order valence-corrected chi connectivity index (χ4v) is 2.42. The molecule has 0 N–H and O–H groups in total. The summed E-state index contributed by atoms with van der Waals surface area (Å²) in [5.74, 6) is -0.550. The molecule has 20 heavy (non-hydrogen) atoms. The van der Waals surface area contributed by atoms with Gasteiger partial charge in [0.15, 0.2) is 0 Å². The summed E-state index contributed by atoms with van der Waals surface area (Å²) < 4.78 is 0. The van der Waals surface area contributed by atoms with Gasteiger partial charge < -0.3 is 0 Å². The first-order valence-corrected chi connectivity index (χ1v) is 5.62. The predicted octanol–water partition coefficient (Wildman–Crippen LogP) is 2.71. The van der Waals surface area contributed by atoms with E-state index in [-0.39, 0.29) is 5.56 Å². The predicted molar refractivity (Wildman–Crippen MR) is 68.6 cm³/mol. The number of carbonyl (C=O) groups excluding carboxylic acids is 1. The normalized spacial score (nSPS) is 11.9. The Morgan fingerprint density at radius 1 is 0.800 bits per heavy atom. The van der Waals surface area contributed by atoms with E-state index in [4.69, 9.17) is 0 Å². The van der Waals surface area contributed by atoms with E-state index in [0.29, 0.717) is 16.7 Å². The van der Waals surface area contributed by atoms with Crippen molar-refractivity contribution in [3.8, 4) is 11.1 Å². The van der Waals surface area contributed by atoms with E-state index < -0.39 is 27.0 Å². The molecule has 98 valence electrons. The molecule has 0 saturated carbocycles. The molecule has 0 saturated heterocycles. The van der Waals surface area contributed by atoms with Gasteiger partial charge in [0, 0.05) is 17.2 Å². The summed E-state index contributed by atoms with van der Waals surface area (Å²) in [4.78, 5) is 32.6. The highest BCUT2D eigenvalue weighted by Gasteiger charge is 2.39. The molecule has 0 radical (unpaired) electrons. The first-order valence-electron chi connectivity index (χ1n) is 5.62. The second-order valence-corrected chi connectivity index (χ2v) is 4.24. The second kappa shape index (κ2) is 3.95. The molecule has 0 bridgehead atoms. The first-order chi connectivity index (χ1) is 9.52. The second-order valence-electron chi connectivity index (χ2n) is 4.24. The molecule has 0 unspecified atom stereocenters. The summed E-state index contributed by atoms with van der Waals surface area (Å²) in [5, 5.41) is 22.0. The van der Waals surface area contributed by atoms with Crippen LogP contribution in [0.15, 0.2) is 36.4 Å². The van der Waals surface area contributed by atoms with Crippen molar-refractivity contribution in [2.24, 2.45) is 0 Å². The molecule has 0 atom stereocenters. The summed E-state index contributed by atoms with van der Waals surface area (Å²) in [7, 11) is 0. The van der Waals surface area contributed by atoms with Crippen LogP contribution in [0.25, 0.3) is 11.1 Å². The molecule has 1 aliphatic carbocycles. The zero-order valence-electron chi connectivity index (χ0n) is 9.90. The Morgan fingerprint density at radius 3 is 2.05 bits per heavy atom. The Hall–Kier alpha value is -3.09. The summed E-state index contributed by atoms with van der Waals surface area (Å²) in [6, 6.07) is 9.00. The number of nitrogens with zero attached hydrogens (tertiary/aromatic N) is 2. The maximum absolute atomic E-state index is 12.3. The van der Waals surface area contributed by atoms with Gasteiger partial charge >= 0.3 is 11.4 Å². The van der Waals surface area contributed by atoms with Crippen molar-refractivity contribution in [1.29, 1.82) is 0 Å². The van der Waals surface area contributed by atoms with Crippen LogP contribution in [0.2, 0.25) is 0 Å². The molecule has 2 aromatic rings. The molecule has 0 aliphatic heterocycles. The molecular formula is C13H6N2O5. The Kier molecular flexibility index (Phi) is 2.37. The van der Waals surface area contributed by atoms with Crippen LogP contribution in [0.1, 0.15) is 15.9 Å². The third kappa shape index (κ3) is 1.43. The minimum Gasteiger partial charge on any atom is -0.288 e. The highest BCUT2D eigenvalue weighted by Crippen LogP contribution is 2.44. The maximum atomic E-state index is 12.3. The lowest BCUT2D eigenvalue weighted by molar-refractivity contribution is -0.422. The van der Waals surface area contributed by atoms with E-state index in [0.717, 1.165) is 6.07 Å². The van der Waals surface area contributed by atoms with E-state index in [2.05, 4.69) is 0 Å². The van der Waals surface area contributed by atoms with Crippen LogP contribution in [0.5, 0.6) is 0 Å². The van der Waals surface area contributed by atoms with Gasteiger partial charge in [0.25, 0.3) is 0 Å². The van der Waals surface area contributed by atoms with Crippen molar-refractivity contribution >= 4 is 17.2 Å². The third-order valence-corrected chi connectivity index (χ3v) is 3.22. The molecule has 0 aromatic heterocycles. The van der Waals surface area contributed by atoms with Crippen LogP contribution >= 0.6 is 0 Å². The number of ketones is 1. The Bertz CT molecular complexity index is 797. The maximum Gasteiger partial charge on any atom is 0.357 e. The summed E-state index contributed by atoms with van der Waals surface area (Å²) in [5.41, 5.74) is -0.367. The zero-order valence-corrected chi connectivity index (χ0v) is 9.90. The first kappa shape index (κ1) is 12.0. The van der Waals surface area contributed by atoms with Crippen LogP contribution < -0.4 is 0 Å². The largest absolute Gasteiger partial charge is 0.357 e. The number of nitro benzene ring substituents is 2. The number of rotatable bonds is 2. The smallest absolute Gasteiger partial charge is 0.288 e. The minimum atomic E-state index is -0.874. The molecular weight excluding hydrogens is 264 g/mol. The number of hydrogen-bond donors (Lipinski definition) is 0. The van der Waals surface area contributed by atoms with E-state index in [9.17, 15) is 25.0 Å². The van der Waals surface area contributed by atoms with Crippen molar-refractivity contribution in [2.75, 3.05) is 0 Å². The van der Waals surface area contributed by atoms with Gasteiger partial charge in [-0.3, -0.25) is 25.0 Å². The van der Waals surface area contributed by atoms with Gasteiger partial charge in [-0.15, -0.1) is 0 Å². The average molecular weight is 270 g/mol. The minimum absolute atomic E-state index is 0.203. The van der Waals surface area contributed by atoms with E-state index >= 15 is 0 Å². The van der Waals surface area contributed by atoms with Gasteiger partial charge in [0.05, 0.1) is 9.85 Å². The lowest BCUT2D eigenvalue weighted by atomic mass is 10.0. The topological polar surface area (TPSA) is 103 Å². The van der Waals surface area contributed by atoms with Gasteiger partial charge in [0.2, 0.25) is 5.78 Å². The van der Waals surface area contributed by atoms with Crippen molar-refractivity contribution in [1.82, 2.24) is 0 Å². The third-order valence-electron chi connectivity index (χ3n) is 3.22. The number of fused-ring (bicyclic) bond motifs is 3. The zero-order chi connectivity index (χ0) is 14.4. The van der Waals surface area contributed by atoms with Crippen molar-refractivity contribution in [2.45, 2.75) is 0 Å². The monoisotopic (exact) mass is 270 g/mol. The number of carbonyl (C=O) groups is 1. The van der Waals surface area contributed by atoms with Gasteiger partial charge in [-0.2, -0.15) is 0 Å². The molecule has 7 heteroatoms. The van der Waals surface area contributed by atoms with E-state index in [1.54, 1.807) is 24.3 Å². The molecule has 1 aliphatic rings. The van der Waals surface area contributed by atoms with Gasteiger partial charge in [-0.1, -0.05) is 24.3 Å². The summed E-state index contributed by atoms with van der Waals surface area (Å²) in [6.45, 7) is 0. The standard InChI is InChI=1S/C13H6N2O5/c16-13-9-4-2-1-3-7(9)8-5-6-10(14(17)18)12(11(8)13)15(19)20/h1-6H. The fourth-order valence-electron chi connectivity index (χ4n) is 2.42. The molecule has 0 fully saturated rings. The van der Waals surface area contributed by atoms with Crippen LogP contribution in [0.4, 0.5) is 11.4 Å². The Balaban J connectivity index is 2.41. The molecule has 0 heterocycles. The van der Waals surface area contributed by atoms with Crippen LogP contribution in [0, 0.1) is 20.2 Å². The van der Waals surface area contributed by atoms with E-state index in [1.807, 2.05) is 0 Å². The quantitative estimate of drug-likeness (QED) is 0.526. The molecule has 0 amide bonds. The molecule has 3 rings (SSSR count). The van der Waals surface area contributed by atoms with Gasteiger partial charge in [-0.05, 0) is 11.6 Å². The lowest BCUT2D eigenvalue weighted by Crippen LogP contribution is -2.04. The van der Waals surface area contributed by atoms with Gasteiger partial charge in [-0.25, -0.2) is 0 Å². The van der Waals surface area contributed by atoms with Crippen LogP contribution in [0.3, 0.4) is 0 Å². The highest BCUT2D eigenvalue weighted by atomic mass is 16.6. The molecule has 2 aromatic carbocycles. The van der Waals surface area contributed by atoms with Crippen molar-refractivity contribution in [3.63, 3.8) is 0 Å². The van der Waals surface area contributed by atoms with E-state index in [1.165, 1.54) is 6.07 Å². The van der Waals surface area contributed by atoms with Crippen LogP contribution in [-0.4, -0.2) is 15.6 Å². The Morgan fingerprint density at radius 2 is 1.45 bits per heavy atom. The van der Waals surface area contributed by atoms with Crippen molar-refractivity contribution < 1.29 is 14.6 Å². The summed E-state index contributed by atoms with van der Waals surface area (Å²) >= 11 is 0. The Labute approximate surface area is 111 Å². The SMILES string of the molecule is O=C1c2ccccc2-c2ccc([N+](=O)[O-])c([N+](=O)[O-])c21. The number of benzene rings is 2. The average Bonchev–Trinajstić information content (AvgIpc) is 2.72.